The molecule has 0 saturated carbocycles. The van der Waals surface area contributed by atoms with E-state index < -0.39 is 18.1 Å². The van der Waals surface area contributed by atoms with Crippen molar-refractivity contribution in [3.8, 4) is 0 Å². The SMILES string of the molecule is Cc1cccc(NC(=O)NCCOC(N)=O)c1C(=O)O. The van der Waals surface area contributed by atoms with Gasteiger partial charge in [0.25, 0.3) is 0 Å². The molecule has 3 amide bonds. The van der Waals surface area contributed by atoms with E-state index in [-0.39, 0.29) is 24.4 Å². The highest BCUT2D eigenvalue weighted by Gasteiger charge is 2.14. The molecular formula is C12H15N3O5. The topological polar surface area (TPSA) is 131 Å². The molecule has 0 aliphatic carbocycles. The summed E-state index contributed by atoms with van der Waals surface area (Å²) in [5.74, 6) is -1.13. The fourth-order valence-electron chi connectivity index (χ4n) is 1.54. The predicted octanol–water partition coefficient (Wildman–Crippen LogP) is 0.910. The van der Waals surface area contributed by atoms with Crippen molar-refractivity contribution in [1.82, 2.24) is 5.32 Å². The second-order valence-corrected chi connectivity index (χ2v) is 3.85. The highest BCUT2D eigenvalue weighted by atomic mass is 16.5. The third-order valence-corrected chi connectivity index (χ3v) is 2.37. The lowest BCUT2D eigenvalue weighted by Crippen LogP contribution is -2.33. The van der Waals surface area contributed by atoms with Crippen molar-refractivity contribution in [2.24, 2.45) is 5.73 Å². The second-order valence-electron chi connectivity index (χ2n) is 3.85. The van der Waals surface area contributed by atoms with Crippen molar-refractivity contribution >= 4 is 23.8 Å². The number of nitrogens with two attached hydrogens (primary N) is 1. The normalized spacial score (nSPS) is 9.65. The molecule has 108 valence electrons. The molecule has 1 aromatic carbocycles. The largest absolute Gasteiger partial charge is 0.478 e. The molecule has 0 aromatic heterocycles. The van der Waals surface area contributed by atoms with E-state index in [1.807, 2.05) is 0 Å². The minimum absolute atomic E-state index is 0.0241. The van der Waals surface area contributed by atoms with Crippen LogP contribution in [-0.4, -0.2) is 36.4 Å². The van der Waals surface area contributed by atoms with Crippen LogP contribution in [0.25, 0.3) is 0 Å². The molecule has 0 radical (unpaired) electrons. The van der Waals surface area contributed by atoms with Gasteiger partial charge in [0.1, 0.15) is 6.61 Å². The number of carboxylic acid groups (broad SMARTS) is 1. The average Bonchev–Trinajstić information content (AvgIpc) is 2.34. The van der Waals surface area contributed by atoms with E-state index in [1.165, 1.54) is 6.07 Å². The van der Waals surface area contributed by atoms with E-state index in [0.29, 0.717) is 5.56 Å². The van der Waals surface area contributed by atoms with Crippen molar-refractivity contribution in [1.29, 1.82) is 0 Å². The van der Waals surface area contributed by atoms with Crippen molar-refractivity contribution in [2.45, 2.75) is 6.92 Å². The second kappa shape index (κ2) is 6.98. The molecule has 8 nitrogen and oxygen atoms in total. The molecule has 0 aliphatic rings. The lowest BCUT2D eigenvalue weighted by atomic mass is 10.1. The van der Waals surface area contributed by atoms with Gasteiger partial charge in [0.2, 0.25) is 0 Å². The summed E-state index contributed by atoms with van der Waals surface area (Å²) >= 11 is 0. The molecular weight excluding hydrogens is 266 g/mol. The maximum absolute atomic E-state index is 11.6. The Balaban J connectivity index is 2.60. The summed E-state index contributed by atoms with van der Waals surface area (Å²) in [6, 6.07) is 4.14. The van der Waals surface area contributed by atoms with Crippen molar-refractivity contribution in [2.75, 3.05) is 18.5 Å². The van der Waals surface area contributed by atoms with Gasteiger partial charge in [0.05, 0.1) is 17.8 Å². The summed E-state index contributed by atoms with van der Waals surface area (Å²) in [4.78, 5) is 33.0. The summed E-state index contributed by atoms with van der Waals surface area (Å²) in [5.41, 5.74) is 5.49. The highest BCUT2D eigenvalue weighted by Crippen LogP contribution is 2.19. The van der Waals surface area contributed by atoms with E-state index in [1.54, 1.807) is 19.1 Å². The monoisotopic (exact) mass is 281 g/mol. The van der Waals surface area contributed by atoms with Crippen LogP contribution in [0.5, 0.6) is 0 Å². The quantitative estimate of drug-likeness (QED) is 0.596. The number of anilines is 1. The molecule has 0 atom stereocenters. The Morgan fingerprint density at radius 1 is 1.35 bits per heavy atom. The van der Waals surface area contributed by atoms with Crippen LogP contribution in [0.15, 0.2) is 18.2 Å². The van der Waals surface area contributed by atoms with Crippen LogP contribution in [0, 0.1) is 6.92 Å². The Morgan fingerprint density at radius 3 is 2.65 bits per heavy atom. The Bertz CT molecular complexity index is 530. The zero-order chi connectivity index (χ0) is 15.1. The van der Waals surface area contributed by atoms with Gasteiger partial charge < -0.3 is 26.2 Å². The molecule has 1 rings (SSSR count). The Morgan fingerprint density at radius 2 is 2.05 bits per heavy atom. The molecule has 0 fully saturated rings. The Labute approximate surface area is 114 Å². The molecule has 0 heterocycles. The number of ether oxygens (including phenoxy) is 1. The minimum atomic E-state index is -1.13. The van der Waals surface area contributed by atoms with E-state index in [0.717, 1.165) is 0 Å². The van der Waals surface area contributed by atoms with Gasteiger partial charge >= 0.3 is 18.1 Å². The molecule has 8 heteroatoms. The number of hydrogen-bond acceptors (Lipinski definition) is 4. The van der Waals surface area contributed by atoms with Crippen LogP contribution < -0.4 is 16.4 Å². The summed E-state index contributed by atoms with van der Waals surface area (Å²) in [7, 11) is 0. The summed E-state index contributed by atoms with van der Waals surface area (Å²) in [5, 5.41) is 13.9. The number of carbonyl (C=O) groups is 3. The van der Waals surface area contributed by atoms with Crippen molar-refractivity contribution in [3.63, 3.8) is 0 Å². The number of nitrogens with one attached hydrogen (secondary N) is 2. The zero-order valence-electron chi connectivity index (χ0n) is 10.8. The summed E-state index contributed by atoms with van der Waals surface area (Å²) < 4.78 is 4.43. The van der Waals surface area contributed by atoms with Crippen LogP contribution in [0.2, 0.25) is 0 Å². The first kappa shape index (κ1) is 15.3. The maximum Gasteiger partial charge on any atom is 0.404 e. The number of primary amides is 1. The standard InChI is InChI=1S/C12H15N3O5/c1-7-3-2-4-8(9(7)10(16)17)15-12(19)14-5-6-20-11(13)18/h2-4H,5-6H2,1H3,(H2,13,18)(H,16,17)(H2,14,15,19). The molecule has 0 saturated heterocycles. The van der Waals surface area contributed by atoms with Crippen molar-refractivity contribution < 1.29 is 24.2 Å². The number of amides is 3. The highest BCUT2D eigenvalue weighted by molar-refractivity contribution is 6.01. The number of carboxylic acids is 1. The molecule has 0 aliphatic heterocycles. The lowest BCUT2D eigenvalue weighted by molar-refractivity contribution is 0.0697. The van der Waals surface area contributed by atoms with E-state index in [4.69, 9.17) is 10.8 Å². The first-order chi connectivity index (χ1) is 9.41. The number of benzene rings is 1. The first-order valence-electron chi connectivity index (χ1n) is 5.72. The number of aryl methyl sites for hydroxylation is 1. The number of carbonyl (C=O) groups excluding carboxylic acids is 2. The number of urea groups is 1. The van der Waals surface area contributed by atoms with Crippen LogP contribution in [0.4, 0.5) is 15.3 Å². The minimum Gasteiger partial charge on any atom is -0.478 e. The van der Waals surface area contributed by atoms with Gasteiger partial charge in [0.15, 0.2) is 0 Å². The van der Waals surface area contributed by atoms with Crippen molar-refractivity contribution in [3.05, 3.63) is 29.3 Å². The lowest BCUT2D eigenvalue weighted by Gasteiger charge is -2.11. The van der Waals surface area contributed by atoms with Crippen LogP contribution in [-0.2, 0) is 4.74 Å². The third kappa shape index (κ3) is 4.48. The van der Waals surface area contributed by atoms with Gasteiger partial charge in [-0.05, 0) is 18.6 Å². The molecule has 20 heavy (non-hydrogen) atoms. The van der Waals surface area contributed by atoms with E-state index >= 15 is 0 Å². The fraction of sp³-hybridized carbons (Fsp3) is 0.250. The van der Waals surface area contributed by atoms with Gasteiger partial charge in [-0.3, -0.25) is 0 Å². The molecule has 0 bridgehead atoms. The molecule has 0 unspecified atom stereocenters. The molecule has 0 spiro atoms. The maximum atomic E-state index is 11.6. The van der Waals surface area contributed by atoms with Gasteiger partial charge in [-0.25, -0.2) is 14.4 Å². The fourth-order valence-corrected chi connectivity index (χ4v) is 1.54. The molecule has 1 aromatic rings. The van der Waals surface area contributed by atoms with Crippen LogP contribution in [0.1, 0.15) is 15.9 Å². The Kier molecular flexibility index (Phi) is 5.33. The van der Waals surface area contributed by atoms with E-state index in [2.05, 4.69) is 15.4 Å². The van der Waals surface area contributed by atoms with Crippen LogP contribution >= 0.6 is 0 Å². The Hall–Kier alpha value is -2.77. The number of rotatable bonds is 5. The smallest absolute Gasteiger partial charge is 0.404 e. The summed E-state index contributed by atoms with van der Waals surface area (Å²) in [6.07, 6.45) is -0.931. The van der Waals surface area contributed by atoms with E-state index in [9.17, 15) is 14.4 Å². The first-order valence-corrected chi connectivity index (χ1v) is 5.72. The van der Waals surface area contributed by atoms with Gasteiger partial charge in [-0.15, -0.1) is 0 Å². The third-order valence-electron chi connectivity index (χ3n) is 2.37. The molecule has 5 N–H and O–H groups in total. The average molecular weight is 281 g/mol. The van der Waals surface area contributed by atoms with Gasteiger partial charge in [-0.2, -0.15) is 0 Å². The predicted molar refractivity (Wildman–Crippen MR) is 70.7 cm³/mol. The van der Waals surface area contributed by atoms with Crippen LogP contribution in [0.3, 0.4) is 0 Å². The zero-order valence-corrected chi connectivity index (χ0v) is 10.8. The number of aromatic carboxylic acids is 1. The van der Waals surface area contributed by atoms with Gasteiger partial charge in [-0.1, -0.05) is 12.1 Å². The number of hydrogen-bond donors (Lipinski definition) is 4. The summed E-state index contributed by atoms with van der Waals surface area (Å²) in [6.45, 7) is 1.62. The van der Waals surface area contributed by atoms with Gasteiger partial charge in [0, 0.05) is 0 Å².